The molecule has 2 aromatic rings. The van der Waals surface area contributed by atoms with Gasteiger partial charge in [-0.05, 0) is 74.8 Å². The number of aliphatic hydroxyl groups is 2. The Labute approximate surface area is 213 Å². The first-order chi connectivity index (χ1) is 16.8. The van der Waals surface area contributed by atoms with Crippen molar-refractivity contribution in [1.82, 2.24) is 0 Å². The van der Waals surface area contributed by atoms with Crippen molar-refractivity contribution in [3.8, 4) is 0 Å². The Kier molecular flexibility index (Phi) is 13.3. The van der Waals surface area contributed by atoms with Crippen molar-refractivity contribution in [1.29, 1.82) is 0 Å². The van der Waals surface area contributed by atoms with E-state index in [2.05, 4.69) is 32.7 Å². The first kappa shape index (κ1) is 29.3. The number of aliphatic hydroxyl groups excluding tert-OH is 2. The summed E-state index contributed by atoms with van der Waals surface area (Å²) in [5, 5.41) is 30.6. The Morgan fingerprint density at radius 3 is 2.31 bits per heavy atom. The quantitative estimate of drug-likeness (QED) is 0.191. The summed E-state index contributed by atoms with van der Waals surface area (Å²) in [5.74, 6) is 0. The molecule has 3 unspecified atom stereocenters. The van der Waals surface area contributed by atoms with Crippen LogP contribution in [0.15, 0.2) is 40.0 Å². The molecule has 1 aromatic carbocycles. The highest BCUT2D eigenvalue weighted by atomic mass is 32.1. The molecule has 1 aromatic heterocycles. The topological polar surface area (TPSA) is 100.0 Å². The van der Waals surface area contributed by atoms with Crippen molar-refractivity contribution in [3.63, 3.8) is 0 Å². The van der Waals surface area contributed by atoms with Crippen molar-refractivity contribution in [2.45, 2.75) is 59.5 Å². The van der Waals surface area contributed by atoms with Crippen LogP contribution in [-0.2, 0) is 20.8 Å². The standard InChI is InChI=1S/C25H41N4O5S/c1-6-28-11-14-35-25(28)27-26-24-8-7-23(15-19(24)2)29(9-12-32-16-20(3)30)10-13-33-18-22(5)34-17-21(4)31/h7-8,11,14-15,20-22,30-31H,6,9-10,12-13,16-18H2,1-5H3/q+1. The fourth-order valence-corrected chi connectivity index (χ4v) is 3.98. The molecule has 9 nitrogen and oxygen atoms in total. The molecule has 2 rings (SSSR count). The van der Waals surface area contributed by atoms with Crippen LogP contribution in [0.4, 0.5) is 16.5 Å². The highest BCUT2D eigenvalue weighted by Crippen LogP contribution is 2.27. The van der Waals surface area contributed by atoms with Crippen LogP contribution in [0.25, 0.3) is 0 Å². The van der Waals surface area contributed by atoms with Crippen LogP contribution in [0.5, 0.6) is 0 Å². The lowest BCUT2D eigenvalue weighted by molar-refractivity contribution is -0.676. The zero-order valence-corrected chi connectivity index (χ0v) is 22.4. The molecule has 0 fully saturated rings. The average molecular weight is 510 g/mol. The third kappa shape index (κ3) is 11.1. The van der Waals surface area contributed by atoms with Gasteiger partial charge in [-0.3, -0.25) is 0 Å². The number of hydrogen-bond donors (Lipinski definition) is 2. The van der Waals surface area contributed by atoms with Crippen molar-refractivity contribution in [2.24, 2.45) is 10.2 Å². The summed E-state index contributed by atoms with van der Waals surface area (Å²) in [5.41, 5.74) is 2.90. The van der Waals surface area contributed by atoms with Crippen LogP contribution in [-0.4, -0.2) is 74.6 Å². The highest BCUT2D eigenvalue weighted by Gasteiger charge is 2.13. The molecule has 0 aliphatic carbocycles. The van der Waals surface area contributed by atoms with E-state index in [0.717, 1.165) is 28.6 Å². The minimum atomic E-state index is -0.489. The Morgan fingerprint density at radius 1 is 1.00 bits per heavy atom. The van der Waals surface area contributed by atoms with Gasteiger partial charge in [0.25, 0.3) is 0 Å². The summed E-state index contributed by atoms with van der Waals surface area (Å²) in [6, 6.07) is 6.11. The number of aromatic nitrogens is 1. The normalized spacial score (nSPS) is 14.4. The maximum atomic E-state index is 9.45. The molecular formula is C25H41N4O5S+. The van der Waals surface area contributed by atoms with E-state index in [4.69, 9.17) is 14.2 Å². The predicted octanol–water partition coefficient (Wildman–Crippen LogP) is 3.79. The molecule has 2 N–H and O–H groups in total. The van der Waals surface area contributed by atoms with Crippen molar-refractivity contribution >= 4 is 27.8 Å². The van der Waals surface area contributed by atoms with Gasteiger partial charge in [0, 0.05) is 24.2 Å². The van der Waals surface area contributed by atoms with Gasteiger partial charge >= 0.3 is 5.13 Å². The molecule has 35 heavy (non-hydrogen) atoms. The highest BCUT2D eigenvalue weighted by molar-refractivity contribution is 7.12. The number of anilines is 1. The number of rotatable bonds is 17. The largest absolute Gasteiger partial charge is 0.408 e. The molecule has 0 radical (unpaired) electrons. The molecule has 0 saturated carbocycles. The summed E-state index contributed by atoms with van der Waals surface area (Å²) in [6.07, 6.45) is 0.942. The number of azo groups is 1. The van der Waals surface area contributed by atoms with E-state index >= 15 is 0 Å². The zero-order chi connectivity index (χ0) is 25.6. The number of benzene rings is 1. The first-order valence-electron chi connectivity index (χ1n) is 12.2. The summed E-state index contributed by atoms with van der Waals surface area (Å²) < 4.78 is 19.0. The second kappa shape index (κ2) is 15.9. The van der Waals surface area contributed by atoms with Crippen molar-refractivity contribution in [3.05, 3.63) is 35.3 Å². The Morgan fingerprint density at radius 2 is 1.69 bits per heavy atom. The lowest BCUT2D eigenvalue weighted by atomic mass is 10.1. The number of thiazole rings is 1. The summed E-state index contributed by atoms with van der Waals surface area (Å²) in [4.78, 5) is 2.20. The predicted molar refractivity (Wildman–Crippen MR) is 138 cm³/mol. The second-order valence-corrected chi connectivity index (χ2v) is 9.49. The van der Waals surface area contributed by atoms with E-state index in [1.807, 2.05) is 37.6 Å². The molecule has 0 saturated heterocycles. The lowest BCUT2D eigenvalue weighted by Crippen LogP contribution is -2.32. The van der Waals surface area contributed by atoms with Crippen LogP contribution >= 0.6 is 11.3 Å². The Bertz CT molecular complexity index is 890. The van der Waals surface area contributed by atoms with Gasteiger partial charge in [0.15, 0.2) is 0 Å². The smallest absolute Gasteiger partial charge is 0.391 e. The number of hydrogen-bond acceptors (Lipinski definition) is 9. The molecule has 0 bridgehead atoms. The molecule has 0 aliphatic rings. The summed E-state index contributed by atoms with van der Waals surface area (Å²) in [7, 11) is 0. The maximum absolute atomic E-state index is 9.45. The molecule has 3 atom stereocenters. The fraction of sp³-hybridized carbons (Fsp3) is 0.640. The van der Waals surface area contributed by atoms with Crippen molar-refractivity contribution in [2.75, 3.05) is 51.0 Å². The average Bonchev–Trinajstić information content (AvgIpc) is 3.28. The van der Waals surface area contributed by atoms with Gasteiger partial charge in [-0.15, -0.1) is 0 Å². The van der Waals surface area contributed by atoms with E-state index in [-0.39, 0.29) is 6.10 Å². The molecule has 0 amide bonds. The minimum Gasteiger partial charge on any atom is -0.391 e. The molecule has 1 heterocycles. The van der Waals surface area contributed by atoms with Gasteiger partial charge in [0.2, 0.25) is 0 Å². The number of ether oxygens (including phenoxy) is 3. The fourth-order valence-electron chi connectivity index (χ4n) is 3.24. The van der Waals surface area contributed by atoms with Crippen LogP contribution in [0.1, 0.15) is 33.3 Å². The van der Waals surface area contributed by atoms with E-state index < -0.39 is 12.2 Å². The second-order valence-electron chi connectivity index (χ2n) is 8.62. The minimum absolute atomic E-state index is 0.0888. The molecule has 10 heteroatoms. The lowest BCUT2D eigenvalue weighted by Gasteiger charge is -2.26. The van der Waals surface area contributed by atoms with Gasteiger partial charge in [-0.2, -0.15) is 0 Å². The number of aryl methyl sites for hydroxylation is 2. The third-order valence-electron chi connectivity index (χ3n) is 5.13. The molecule has 196 valence electrons. The molecule has 0 spiro atoms. The Balaban J connectivity index is 1.99. The van der Waals surface area contributed by atoms with Crippen LogP contribution in [0.2, 0.25) is 0 Å². The number of nitrogens with zero attached hydrogens (tertiary/aromatic N) is 4. The monoisotopic (exact) mass is 509 g/mol. The maximum Gasteiger partial charge on any atom is 0.408 e. The SMILES string of the molecule is CC[n+]1ccsc1N=Nc1ccc(N(CCOCC(C)O)CCOCC(C)OCC(C)O)cc1C. The molecule has 0 aliphatic heterocycles. The van der Waals surface area contributed by atoms with Crippen molar-refractivity contribution < 1.29 is 29.0 Å². The van der Waals surface area contributed by atoms with E-state index in [0.29, 0.717) is 46.1 Å². The zero-order valence-electron chi connectivity index (χ0n) is 21.6. The van der Waals surface area contributed by atoms with Crippen LogP contribution in [0.3, 0.4) is 0 Å². The summed E-state index contributed by atoms with van der Waals surface area (Å²) >= 11 is 1.57. The summed E-state index contributed by atoms with van der Waals surface area (Å²) in [6.45, 7) is 13.7. The van der Waals surface area contributed by atoms with Gasteiger partial charge in [-0.1, -0.05) is 0 Å². The van der Waals surface area contributed by atoms with Crippen LogP contribution in [0, 0.1) is 6.92 Å². The Hall–Kier alpha value is -1.95. The van der Waals surface area contributed by atoms with Gasteiger partial charge in [0.05, 0.1) is 63.0 Å². The molecular weight excluding hydrogens is 468 g/mol. The van der Waals surface area contributed by atoms with Gasteiger partial charge < -0.3 is 29.3 Å². The third-order valence-corrected chi connectivity index (χ3v) is 5.92. The van der Waals surface area contributed by atoms with Crippen LogP contribution < -0.4 is 9.47 Å². The van der Waals surface area contributed by atoms with E-state index in [1.54, 1.807) is 25.2 Å². The van der Waals surface area contributed by atoms with Gasteiger partial charge in [0.1, 0.15) is 11.9 Å². The van der Waals surface area contributed by atoms with E-state index in [9.17, 15) is 10.2 Å². The van der Waals surface area contributed by atoms with Gasteiger partial charge in [-0.25, -0.2) is 4.57 Å². The first-order valence-corrected chi connectivity index (χ1v) is 13.1. The van der Waals surface area contributed by atoms with E-state index in [1.165, 1.54) is 0 Å².